The second-order valence-electron chi connectivity index (χ2n) is 0. The molecule has 38 valence electrons. The molecule has 0 aromatic carbocycles. The Kier molecular flexibility index (Phi) is 3450. The van der Waals surface area contributed by atoms with Gasteiger partial charge in [0.25, 0.3) is 0 Å². The molecule has 0 aromatic heterocycles. The normalized spacial score (nSPS) is 0.400. The minimum absolute atomic E-state index is 0. The highest BCUT2D eigenvalue weighted by molar-refractivity contribution is 2.50. The predicted octanol–water partition coefficient (Wildman–Crippen LogP) is 1.96. The van der Waals surface area contributed by atoms with Crippen molar-refractivity contribution in [1.82, 2.24) is 6.15 Å². The van der Waals surface area contributed by atoms with Crippen LogP contribution >= 0.6 is 0 Å². The molecular formula is C2H15N3. The third kappa shape index (κ3) is 16.7. The van der Waals surface area contributed by atoms with Crippen molar-refractivity contribution in [2.45, 2.75) is 14.9 Å². The molecule has 5 heavy (non-hydrogen) atoms. The fourth-order valence-corrected chi connectivity index (χ4v) is 0. The van der Waals surface area contributed by atoms with Gasteiger partial charge in [0.2, 0.25) is 0 Å². The summed E-state index contributed by atoms with van der Waals surface area (Å²) in [7, 11) is 0. The standard InChI is InChI=1S/2CH4.N2.H3N.2H2/c;;1-2;;;/h2*1H4;;1H3;2*1H/i;;;;2*1+1. The van der Waals surface area contributed by atoms with E-state index in [1.54, 1.807) is 0 Å². The van der Waals surface area contributed by atoms with Crippen LogP contribution in [0.2, 0.25) is 0 Å². The molecule has 0 aliphatic carbocycles. The lowest BCUT2D eigenvalue weighted by Crippen LogP contribution is -0.562. The number of nitrogens with zero attached hydrogens (tertiary/aromatic N) is 2. The Morgan fingerprint density at radius 3 is 1.00 bits per heavy atom. The van der Waals surface area contributed by atoms with Crippen LogP contribution in [0.1, 0.15) is 17.7 Å². The number of hydrogen-bond donors (Lipinski definition) is 1. The molecule has 0 rings (SSSR count). The molecule has 0 saturated heterocycles. The summed E-state index contributed by atoms with van der Waals surface area (Å²) in [5, 5.41) is 12.0. The maximum Gasteiger partial charge on any atom is 0 e. The minimum Gasteiger partial charge on any atom is -0.344 e. The van der Waals surface area contributed by atoms with Crippen LogP contribution in [0, 0.1) is 10.8 Å². The molecule has 3 heteroatoms. The molecule has 0 atom stereocenters. The summed E-state index contributed by atoms with van der Waals surface area (Å²) in [6, 6.07) is 0. The van der Waals surface area contributed by atoms with Gasteiger partial charge in [0.05, 0.1) is 0 Å². The van der Waals surface area contributed by atoms with Crippen LogP contribution in [0.5, 0.6) is 0 Å². The molecule has 3 N–H and O–H groups in total. The third-order valence-electron chi connectivity index (χ3n) is 0. The van der Waals surface area contributed by atoms with Crippen molar-refractivity contribution < 1.29 is 2.85 Å². The quantitative estimate of drug-likeness (QED) is 0.454. The zero-order valence-corrected chi connectivity index (χ0v) is 1.60. The first-order valence-electron chi connectivity index (χ1n) is 0.200. The average Bonchev–Trinajstić information content (AvgIpc) is 1.00. The van der Waals surface area contributed by atoms with E-state index in [0.717, 1.165) is 0 Å². The van der Waals surface area contributed by atoms with Gasteiger partial charge in [0, 0.05) is 13.6 Å². The molecule has 0 amide bonds. The lowest BCUT2D eigenvalue weighted by molar-refractivity contribution is 1.15. The van der Waals surface area contributed by atoms with Crippen LogP contribution in [0.15, 0.2) is 0 Å². The second kappa shape index (κ2) is 49.8. The zero-order valence-electron chi connectivity index (χ0n) is 1.60. The lowest BCUT2D eigenvalue weighted by atomic mass is 12.0. The molecule has 0 aliphatic rings. The zero-order chi connectivity index (χ0) is 2.00. The van der Waals surface area contributed by atoms with E-state index in [1.807, 2.05) is 0 Å². The summed E-state index contributed by atoms with van der Waals surface area (Å²) in [6.45, 7) is 0. The van der Waals surface area contributed by atoms with E-state index < -0.39 is 0 Å². The highest BCUT2D eigenvalue weighted by Gasteiger charge is 0.577. The monoisotopic (exact) mass is 83.1 g/mol. The van der Waals surface area contributed by atoms with Crippen molar-refractivity contribution in [3.8, 4) is 0 Å². The molecule has 3 nitrogen and oxygen atoms in total. The van der Waals surface area contributed by atoms with Gasteiger partial charge < -0.3 is 6.15 Å². The second-order valence-corrected chi connectivity index (χ2v) is 0. The van der Waals surface area contributed by atoms with Crippen molar-refractivity contribution in [3.63, 3.8) is 0 Å². The average molecular weight is 83.2 g/mol. The predicted molar refractivity (Wildman–Crippen MR) is 26.2 cm³/mol. The SMILES string of the molecule is C.C.N.N#N.[2HH].[2HH]. The minimum atomic E-state index is 0. The van der Waals surface area contributed by atoms with Gasteiger partial charge in [-0.3, -0.25) is 0 Å². The lowest BCUT2D eigenvalue weighted by Gasteiger charge is -0.577. The van der Waals surface area contributed by atoms with Crippen molar-refractivity contribution in [2.75, 3.05) is 0 Å². The summed E-state index contributed by atoms with van der Waals surface area (Å²) in [6.07, 6.45) is 0. The summed E-state index contributed by atoms with van der Waals surface area (Å²) >= 11 is 0. The highest BCUT2D eigenvalue weighted by Crippen LogP contribution is 0.592. The van der Waals surface area contributed by atoms with Crippen LogP contribution in [-0.4, -0.2) is 0 Å². The largest absolute Gasteiger partial charge is 0.344 e. The van der Waals surface area contributed by atoms with Crippen LogP contribution in [0.3, 0.4) is 0 Å². The molecule has 0 aromatic rings. The van der Waals surface area contributed by atoms with E-state index >= 15 is 0 Å². The van der Waals surface area contributed by atoms with Crippen LogP contribution in [-0.2, 0) is 0 Å². The van der Waals surface area contributed by atoms with Gasteiger partial charge in [0.15, 0.2) is 0 Å². The summed E-state index contributed by atoms with van der Waals surface area (Å²) in [4.78, 5) is 0. The summed E-state index contributed by atoms with van der Waals surface area (Å²) < 4.78 is 0. The van der Waals surface area contributed by atoms with Crippen molar-refractivity contribution >= 4 is 0 Å². The smallest absolute Gasteiger partial charge is 0 e. The first kappa shape index (κ1) is 347. The van der Waals surface area contributed by atoms with Crippen molar-refractivity contribution in [1.29, 1.82) is 10.8 Å². The Morgan fingerprint density at radius 1 is 1.00 bits per heavy atom. The topological polar surface area (TPSA) is 82.6 Å². The van der Waals surface area contributed by atoms with Gasteiger partial charge in [-0.2, -0.15) is 0 Å². The Bertz CT molecular complexity index is 15.7. The van der Waals surface area contributed by atoms with E-state index in [9.17, 15) is 0 Å². The molecule has 0 fully saturated rings. The van der Waals surface area contributed by atoms with E-state index in [1.165, 1.54) is 0 Å². The van der Waals surface area contributed by atoms with Crippen molar-refractivity contribution in [3.05, 3.63) is 0 Å². The third-order valence-corrected chi connectivity index (χ3v) is 0. The fourth-order valence-electron chi connectivity index (χ4n) is 0. The van der Waals surface area contributed by atoms with Gasteiger partial charge in [-0.1, -0.05) is 14.9 Å². The molecule has 0 bridgehead atoms. The van der Waals surface area contributed by atoms with Crippen LogP contribution in [0.25, 0.3) is 0 Å². The van der Waals surface area contributed by atoms with E-state index in [0.29, 0.717) is 0 Å². The fraction of sp³-hybridized carbons (Fsp3) is 1.00. The Morgan fingerprint density at radius 2 is 1.00 bits per heavy atom. The van der Waals surface area contributed by atoms with E-state index in [-0.39, 0.29) is 23.9 Å². The van der Waals surface area contributed by atoms with Gasteiger partial charge in [-0.15, -0.1) is 0 Å². The van der Waals surface area contributed by atoms with Gasteiger partial charge in [0.1, 0.15) is 0 Å². The number of rotatable bonds is 0. The Labute approximate surface area is 36.0 Å². The van der Waals surface area contributed by atoms with Crippen molar-refractivity contribution in [2.24, 2.45) is 0 Å². The maximum atomic E-state index is 6.00. The summed E-state index contributed by atoms with van der Waals surface area (Å²) in [5.74, 6) is 0. The molecule has 0 unspecified atom stereocenters. The molecule has 0 saturated carbocycles. The van der Waals surface area contributed by atoms with Gasteiger partial charge in [-0.25, -0.2) is 0 Å². The maximum absolute atomic E-state index is 6.00. The Balaban J connectivity index is -0.000000000500. The van der Waals surface area contributed by atoms with Gasteiger partial charge >= 0.3 is 0 Å². The van der Waals surface area contributed by atoms with E-state index in [4.69, 9.17) is 10.8 Å². The molecule has 0 radical (unpaired) electrons. The first-order valence-corrected chi connectivity index (χ1v) is 0.200. The summed E-state index contributed by atoms with van der Waals surface area (Å²) in [5.41, 5.74) is 0. The van der Waals surface area contributed by atoms with Crippen LogP contribution in [0.4, 0.5) is 0 Å². The van der Waals surface area contributed by atoms with Gasteiger partial charge in [-0.05, 0) is 0 Å². The van der Waals surface area contributed by atoms with E-state index in [2.05, 4.69) is 0 Å². The Hall–Kier alpha value is -0.620. The highest BCUT2D eigenvalue weighted by atomic mass is 14.6. The van der Waals surface area contributed by atoms with Crippen LogP contribution < -0.4 is 6.15 Å². The molecule has 0 aliphatic heterocycles. The number of hydrogen-bond acceptors (Lipinski definition) is 3. The first-order chi connectivity index (χ1) is 1.00. The molecule has 0 spiro atoms. The molecular weight excluding hydrogens is 66.0 g/mol. The molecule has 0 heterocycles.